The number of rotatable bonds is 7. The summed E-state index contributed by atoms with van der Waals surface area (Å²) in [4.78, 5) is 12.2. The number of nitrogens with zero attached hydrogens (tertiary/aromatic N) is 1. The van der Waals surface area contributed by atoms with Gasteiger partial charge in [0.05, 0.1) is 13.3 Å². The summed E-state index contributed by atoms with van der Waals surface area (Å²) in [6, 6.07) is 19.1. The number of benzene rings is 3. The summed E-state index contributed by atoms with van der Waals surface area (Å²) in [5.74, 6) is 0.541. The number of methoxy groups -OCH3 is 1. The second-order valence-corrected chi connectivity index (χ2v) is 6.47. The SMILES string of the molecule is COc1cccc(/C=N\NC(=O)c2ccc(OCc3ccc(Cl)cc3)cc2)c1O. The molecule has 0 aromatic heterocycles. The maximum Gasteiger partial charge on any atom is 0.271 e. The highest BCUT2D eigenvalue weighted by molar-refractivity contribution is 6.30. The summed E-state index contributed by atoms with van der Waals surface area (Å²) in [5.41, 5.74) is 4.27. The summed E-state index contributed by atoms with van der Waals surface area (Å²) < 4.78 is 10.7. The van der Waals surface area contributed by atoms with Crippen molar-refractivity contribution in [2.24, 2.45) is 5.10 Å². The smallest absolute Gasteiger partial charge is 0.271 e. The summed E-state index contributed by atoms with van der Waals surface area (Å²) in [6.07, 6.45) is 1.35. The van der Waals surface area contributed by atoms with E-state index in [1.54, 1.807) is 54.6 Å². The van der Waals surface area contributed by atoms with Crippen LogP contribution in [0.25, 0.3) is 0 Å². The monoisotopic (exact) mass is 410 g/mol. The number of hydrogen-bond acceptors (Lipinski definition) is 5. The van der Waals surface area contributed by atoms with Crippen LogP contribution in [0.3, 0.4) is 0 Å². The van der Waals surface area contributed by atoms with Gasteiger partial charge in [0.1, 0.15) is 12.4 Å². The van der Waals surface area contributed by atoms with E-state index in [1.165, 1.54) is 13.3 Å². The molecular weight excluding hydrogens is 392 g/mol. The van der Waals surface area contributed by atoms with E-state index in [-0.39, 0.29) is 11.7 Å². The maximum absolute atomic E-state index is 12.2. The highest BCUT2D eigenvalue weighted by Gasteiger charge is 2.07. The van der Waals surface area contributed by atoms with Crippen LogP contribution in [0.5, 0.6) is 17.2 Å². The minimum atomic E-state index is -0.382. The first-order valence-electron chi connectivity index (χ1n) is 8.73. The highest BCUT2D eigenvalue weighted by atomic mass is 35.5. The Kier molecular flexibility index (Phi) is 6.71. The molecule has 0 bridgehead atoms. The molecule has 148 valence electrons. The number of halogens is 1. The number of hydrazone groups is 1. The fraction of sp³-hybridized carbons (Fsp3) is 0.0909. The molecular formula is C22H19ClN2O4. The molecule has 6 nitrogen and oxygen atoms in total. The maximum atomic E-state index is 12.2. The van der Waals surface area contributed by atoms with Crippen LogP contribution in [0.15, 0.2) is 71.8 Å². The quantitative estimate of drug-likeness (QED) is 0.447. The van der Waals surface area contributed by atoms with Gasteiger partial charge in [0.15, 0.2) is 11.5 Å². The molecule has 29 heavy (non-hydrogen) atoms. The van der Waals surface area contributed by atoms with Gasteiger partial charge in [-0.1, -0.05) is 29.8 Å². The number of phenolic OH excluding ortho intramolecular Hbond substituents is 1. The Bertz CT molecular complexity index is 1000. The van der Waals surface area contributed by atoms with Crippen LogP contribution in [-0.4, -0.2) is 24.3 Å². The lowest BCUT2D eigenvalue weighted by Gasteiger charge is -2.07. The normalized spacial score (nSPS) is 10.7. The molecule has 2 N–H and O–H groups in total. The molecule has 0 atom stereocenters. The van der Waals surface area contributed by atoms with Crippen molar-refractivity contribution < 1.29 is 19.4 Å². The largest absolute Gasteiger partial charge is 0.504 e. The van der Waals surface area contributed by atoms with Crippen molar-refractivity contribution in [3.63, 3.8) is 0 Å². The van der Waals surface area contributed by atoms with E-state index >= 15 is 0 Å². The number of carbonyl (C=O) groups excluding carboxylic acids is 1. The first-order chi connectivity index (χ1) is 14.1. The lowest BCUT2D eigenvalue weighted by molar-refractivity contribution is 0.0955. The zero-order chi connectivity index (χ0) is 20.6. The number of amides is 1. The lowest BCUT2D eigenvalue weighted by Crippen LogP contribution is -2.17. The van der Waals surface area contributed by atoms with Gasteiger partial charge in [-0.05, 0) is 54.1 Å². The first kappa shape index (κ1) is 20.2. The summed E-state index contributed by atoms with van der Waals surface area (Å²) in [6.45, 7) is 0.400. The molecule has 7 heteroatoms. The molecule has 3 rings (SSSR count). The van der Waals surface area contributed by atoms with Gasteiger partial charge in [0.2, 0.25) is 0 Å². The number of para-hydroxylation sites is 1. The number of carbonyl (C=O) groups is 1. The Balaban J connectivity index is 1.55. The molecule has 0 saturated carbocycles. The van der Waals surface area contributed by atoms with Crippen LogP contribution in [0.4, 0.5) is 0 Å². The van der Waals surface area contributed by atoms with Gasteiger partial charge < -0.3 is 14.6 Å². The van der Waals surface area contributed by atoms with Crippen molar-refractivity contribution >= 4 is 23.7 Å². The van der Waals surface area contributed by atoms with Crippen molar-refractivity contribution in [3.05, 3.63) is 88.4 Å². The molecule has 0 aliphatic rings. The minimum absolute atomic E-state index is 0.0461. The molecule has 3 aromatic carbocycles. The van der Waals surface area contributed by atoms with Gasteiger partial charge in [-0.2, -0.15) is 5.10 Å². The van der Waals surface area contributed by atoms with Gasteiger partial charge in [-0.15, -0.1) is 0 Å². The molecule has 0 aliphatic heterocycles. The number of aromatic hydroxyl groups is 1. The Morgan fingerprint density at radius 3 is 2.52 bits per heavy atom. The predicted molar refractivity (Wildman–Crippen MR) is 112 cm³/mol. The van der Waals surface area contributed by atoms with E-state index in [2.05, 4.69) is 10.5 Å². The van der Waals surface area contributed by atoms with Gasteiger partial charge in [-0.25, -0.2) is 5.43 Å². The third-order valence-corrected chi connectivity index (χ3v) is 4.31. The molecule has 0 unspecified atom stereocenters. The van der Waals surface area contributed by atoms with Crippen LogP contribution in [-0.2, 0) is 6.61 Å². The van der Waals surface area contributed by atoms with Gasteiger partial charge in [0, 0.05) is 16.1 Å². The van der Waals surface area contributed by atoms with E-state index in [0.717, 1.165) is 5.56 Å². The molecule has 0 fully saturated rings. The predicted octanol–water partition coefficient (Wildman–Crippen LogP) is 4.40. The van der Waals surface area contributed by atoms with Crippen LogP contribution in [0, 0.1) is 0 Å². The standard InChI is InChI=1S/C22H19ClN2O4/c1-28-20-4-2-3-17(21(20)26)13-24-25-22(27)16-7-11-19(12-8-16)29-14-15-5-9-18(23)10-6-15/h2-13,26H,14H2,1H3,(H,25,27)/b24-13-. The number of nitrogens with one attached hydrogen (secondary N) is 1. The molecule has 0 heterocycles. The Morgan fingerprint density at radius 2 is 1.83 bits per heavy atom. The first-order valence-corrected chi connectivity index (χ1v) is 9.11. The van der Waals surface area contributed by atoms with E-state index in [4.69, 9.17) is 21.1 Å². The number of hydrogen-bond donors (Lipinski definition) is 2. The third-order valence-electron chi connectivity index (χ3n) is 4.06. The average molecular weight is 411 g/mol. The second-order valence-electron chi connectivity index (χ2n) is 6.04. The zero-order valence-corrected chi connectivity index (χ0v) is 16.4. The van der Waals surface area contributed by atoms with Gasteiger partial charge in [-0.3, -0.25) is 4.79 Å². The molecule has 0 spiro atoms. The minimum Gasteiger partial charge on any atom is -0.504 e. The fourth-order valence-corrected chi connectivity index (χ4v) is 2.61. The van der Waals surface area contributed by atoms with Crippen molar-refractivity contribution in [3.8, 4) is 17.2 Å². The van der Waals surface area contributed by atoms with Crippen molar-refractivity contribution in [2.45, 2.75) is 6.61 Å². The van der Waals surface area contributed by atoms with Crippen molar-refractivity contribution in [1.82, 2.24) is 5.43 Å². The third kappa shape index (κ3) is 5.49. The molecule has 0 saturated heterocycles. The van der Waals surface area contributed by atoms with Crippen LogP contribution < -0.4 is 14.9 Å². The zero-order valence-electron chi connectivity index (χ0n) is 15.6. The van der Waals surface area contributed by atoms with E-state index < -0.39 is 0 Å². The number of phenols is 1. The second kappa shape index (κ2) is 9.61. The highest BCUT2D eigenvalue weighted by Crippen LogP contribution is 2.27. The Hall–Kier alpha value is -3.51. The van der Waals surface area contributed by atoms with E-state index in [0.29, 0.717) is 34.3 Å². The topological polar surface area (TPSA) is 80.2 Å². The molecule has 0 aliphatic carbocycles. The Morgan fingerprint density at radius 1 is 1.10 bits per heavy atom. The summed E-state index contributed by atoms with van der Waals surface area (Å²) >= 11 is 5.86. The Labute approximate surface area is 173 Å². The van der Waals surface area contributed by atoms with E-state index in [9.17, 15) is 9.90 Å². The summed E-state index contributed by atoms with van der Waals surface area (Å²) in [5, 5.41) is 14.6. The van der Waals surface area contributed by atoms with Gasteiger partial charge in [0.25, 0.3) is 5.91 Å². The fourth-order valence-electron chi connectivity index (χ4n) is 2.48. The summed E-state index contributed by atoms with van der Waals surface area (Å²) in [7, 11) is 1.46. The van der Waals surface area contributed by atoms with Crippen LogP contribution in [0.2, 0.25) is 5.02 Å². The van der Waals surface area contributed by atoms with Crippen LogP contribution in [0.1, 0.15) is 21.5 Å². The molecule has 3 aromatic rings. The molecule has 1 amide bonds. The van der Waals surface area contributed by atoms with Crippen LogP contribution >= 0.6 is 11.6 Å². The average Bonchev–Trinajstić information content (AvgIpc) is 2.75. The molecule has 0 radical (unpaired) electrons. The van der Waals surface area contributed by atoms with E-state index in [1.807, 2.05) is 12.1 Å². The number of ether oxygens (including phenoxy) is 2. The van der Waals surface area contributed by atoms with Crippen molar-refractivity contribution in [1.29, 1.82) is 0 Å². The van der Waals surface area contributed by atoms with Crippen molar-refractivity contribution in [2.75, 3.05) is 7.11 Å². The van der Waals surface area contributed by atoms with Gasteiger partial charge >= 0.3 is 0 Å². The lowest BCUT2D eigenvalue weighted by atomic mass is 10.2.